The number of amides is 1. The number of fused-ring (bicyclic) bond motifs is 1. The van der Waals surface area contributed by atoms with E-state index in [0.29, 0.717) is 12.1 Å². The highest BCUT2D eigenvalue weighted by molar-refractivity contribution is 7.83. The van der Waals surface area contributed by atoms with Gasteiger partial charge in [-0.05, 0) is 29.3 Å². The van der Waals surface area contributed by atoms with E-state index in [1.165, 1.54) is 37.8 Å². The molecule has 2 rings (SSSR count). The average Bonchev–Trinajstić information content (AvgIpc) is 2.99. The molecule has 0 radical (unpaired) electrons. The summed E-state index contributed by atoms with van der Waals surface area (Å²) in [6.07, 6.45) is 9.79. The smallest absolute Gasteiger partial charge is 0.244 e. The molecule has 5 heteroatoms. The second kappa shape index (κ2) is 10.4. The van der Waals surface area contributed by atoms with Gasteiger partial charge in [0.1, 0.15) is 0 Å². The number of carbonyl (C=O) groups is 2. The van der Waals surface area contributed by atoms with Crippen molar-refractivity contribution >= 4 is 46.4 Å². The number of thiophene rings is 1. The van der Waals surface area contributed by atoms with Gasteiger partial charge in [-0.15, -0.1) is 24.0 Å². The van der Waals surface area contributed by atoms with Crippen molar-refractivity contribution in [3.8, 4) is 0 Å². The first kappa shape index (κ1) is 19.7. The Labute approximate surface area is 158 Å². The molecular weight excluding hydrogens is 350 g/mol. The molecule has 134 valence electrons. The van der Waals surface area contributed by atoms with Crippen molar-refractivity contribution in [3.05, 3.63) is 41.3 Å². The zero-order valence-corrected chi connectivity index (χ0v) is 16.3. The number of hydrogen-bond acceptors (Lipinski definition) is 4. The van der Waals surface area contributed by atoms with Crippen LogP contribution >= 0.6 is 24.0 Å². The van der Waals surface area contributed by atoms with Gasteiger partial charge in [0.05, 0.1) is 4.21 Å². The van der Waals surface area contributed by atoms with E-state index in [-0.39, 0.29) is 11.7 Å². The number of ketones is 1. The highest BCUT2D eigenvalue weighted by Gasteiger charge is 2.06. The van der Waals surface area contributed by atoms with Crippen LogP contribution in [0.4, 0.5) is 0 Å². The first-order valence-electron chi connectivity index (χ1n) is 8.82. The highest BCUT2D eigenvalue weighted by atomic mass is 32.2. The van der Waals surface area contributed by atoms with Crippen molar-refractivity contribution in [1.29, 1.82) is 0 Å². The van der Waals surface area contributed by atoms with E-state index in [2.05, 4.69) is 24.9 Å². The summed E-state index contributed by atoms with van der Waals surface area (Å²) in [5.74, 6) is -0.375. The monoisotopic (exact) mass is 375 g/mol. The third-order valence-electron chi connectivity index (χ3n) is 4.08. The number of rotatable bonds is 10. The van der Waals surface area contributed by atoms with Gasteiger partial charge < -0.3 is 5.32 Å². The Hall–Kier alpha value is -1.59. The first-order valence-corrected chi connectivity index (χ1v) is 10.1. The minimum Gasteiger partial charge on any atom is -0.353 e. The van der Waals surface area contributed by atoms with Gasteiger partial charge in [-0.3, -0.25) is 9.59 Å². The Kier molecular flexibility index (Phi) is 8.22. The predicted octanol–water partition coefficient (Wildman–Crippen LogP) is 5.41. The Morgan fingerprint density at radius 2 is 1.88 bits per heavy atom. The van der Waals surface area contributed by atoms with Gasteiger partial charge in [0.2, 0.25) is 5.91 Å². The lowest BCUT2D eigenvalue weighted by Crippen LogP contribution is -2.22. The van der Waals surface area contributed by atoms with Crippen LogP contribution in [-0.4, -0.2) is 18.2 Å². The molecule has 0 aliphatic heterocycles. The molecule has 0 aliphatic rings. The molecular formula is C20H25NO2S2. The average molecular weight is 376 g/mol. The van der Waals surface area contributed by atoms with E-state index < -0.39 is 0 Å². The van der Waals surface area contributed by atoms with Crippen molar-refractivity contribution in [2.24, 2.45) is 0 Å². The Morgan fingerprint density at radius 3 is 2.68 bits per heavy atom. The summed E-state index contributed by atoms with van der Waals surface area (Å²) in [6, 6.07) is 5.51. The fourth-order valence-electron chi connectivity index (χ4n) is 2.61. The number of hydrogen-bond donors (Lipinski definition) is 2. The highest BCUT2D eigenvalue weighted by Crippen LogP contribution is 2.29. The number of benzene rings is 1. The van der Waals surface area contributed by atoms with Crippen LogP contribution in [0.15, 0.2) is 39.9 Å². The molecule has 3 nitrogen and oxygen atoms in total. The molecule has 25 heavy (non-hydrogen) atoms. The zero-order chi connectivity index (χ0) is 18.1. The fourth-order valence-corrected chi connectivity index (χ4v) is 3.72. The molecule has 0 aliphatic carbocycles. The molecule has 0 spiro atoms. The SMILES string of the molecule is CCCCCCCCNC(=O)C=CC(=O)c1ccc2c(S)scc2c1. The first-order chi connectivity index (χ1) is 12.1. The van der Waals surface area contributed by atoms with Gasteiger partial charge >= 0.3 is 0 Å². The van der Waals surface area contributed by atoms with Crippen LogP contribution in [0.2, 0.25) is 0 Å². The lowest BCUT2D eigenvalue weighted by molar-refractivity contribution is -0.116. The van der Waals surface area contributed by atoms with Crippen LogP contribution in [0.25, 0.3) is 10.8 Å². The number of carbonyl (C=O) groups excluding carboxylic acids is 2. The second-order valence-electron chi connectivity index (χ2n) is 6.10. The van der Waals surface area contributed by atoms with Crippen molar-refractivity contribution in [2.45, 2.75) is 49.7 Å². The van der Waals surface area contributed by atoms with Gasteiger partial charge in [0.15, 0.2) is 5.78 Å². The van der Waals surface area contributed by atoms with Gasteiger partial charge in [-0.2, -0.15) is 0 Å². The molecule has 2 aromatic rings. The van der Waals surface area contributed by atoms with Crippen LogP contribution in [0.3, 0.4) is 0 Å². The fraction of sp³-hybridized carbons (Fsp3) is 0.400. The van der Waals surface area contributed by atoms with E-state index in [4.69, 9.17) is 0 Å². The molecule has 0 atom stereocenters. The van der Waals surface area contributed by atoms with Crippen LogP contribution in [0.5, 0.6) is 0 Å². The summed E-state index contributed by atoms with van der Waals surface area (Å²) in [7, 11) is 0. The molecule has 1 N–H and O–H groups in total. The maximum absolute atomic E-state index is 12.2. The molecule has 0 saturated heterocycles. The van der Waals surface area contributed by atoms with Gasteiger partial charge in [0.25, 0.3) is 0 Å². The summed E-state index contributed by atoms with van der Waals surface area (Å²) in [5.41, 5.74) is 0.582. The van der Waals surface area contributed by atoms with E-state index >= 15 is 0 Å². The quantitative estimate of drug-likeness (QED) is 0.253. The molecule has 0 unspecified atom stereocenters. The van der Waals surface area contributed by atoms with E-state index in [0.717, 1.165) is 27.8 Å². The normalized spacial score (nSPS) is 11.3. The third kappa shape index (κ3) is 6.33. The van der Waals surface area contributed by atoms with Gasteiger partial charge in [-0.1, -0.05) is 51.2 Å². The Morgan fingerprint density at radius 1 is 1.12 bits per heavy atom. The molecule has 1 amide bonds. The largest absolute Gasteiger partial charge is 0.353 e. The molecule has 0 saturated carbocycles. The van der Waals surface area contributed by atoms with Crippen LogP contribution in [0, 0.1) is 0 Å². The number of allylic oxidation sites excluding steroid dienone is 1. The van der Waals surface area contributed by atoms with E-state index in [9.17, 15) is 9.59 Å². The maximum Gasteiger partial charge on any atom is 0.244 e. The topological polar surface area (TPSA) is 46.2 Å². The van der Waals surface area contributed by atoms with E-state index in [1.807, 2.05) is 17.5 Å². The summed E-state index contributed by atoms with van der Waals surface area (Å²) in [4.78, 5) is 24.0. The lowest BCUT2D eigenvalue weighted by atomic mass is 10.1. The van der Waals surface area contributed by atoms with Crippen LogP contribution in [0.1, 0.15) is 55.8 Å². The Balaban J connectivity index is 1.75. The molecule has 1 aromatic heterocycles. The minimum absolute atomic E-state index is 0.163. The van der Waals surface area contributed by atoms with E-state index in [1.54, 1.807) is 17.4 Å². The summed E-state index contributed by atoms with van der Waals surface area (Å²) < 4.78 is 0.943. The Bertz CT molecular complexity index is 749. The standard InChI is InChI=1S/C20H25NO2S2/c1-2-3-4-5-6-7-12-21-19(23)11-10-18(22)15-8-9-17-16(13-15)14-25-20(17)24/h8-11,13-14,24H,2-7,12H2,1H3,(H,21,23). The molecule has 1 aromatic carbocycles. The summed E-state index contributed by atoms with van der Waals surface area (Å²) >= 11 is 5.93. The van der Waals surface area contributed by atoms with Gasteiger partial charge in [-0.25, -0.2) is 0 Å². The second-order valence-corrected chi connectivity index (χ2v) is 7.73. The number of nitrogens with one attached hydrogen (secondary N) is 1. The van der Waals surface area contributed by atoms with Gasteiger partial charge in [0, 0.05) is 23.6 Å². The van der Waals surface area contributed by atoms with Crippen molar-refractivity contribution < 1.29 is 9.59 Å². The predicted molar refractivity (Wildman–Crippen MR) is 109 cm³/mol. The zero-order valence-electron chi connectivity index (χ0n) is 14.6. The number of unbranched alkanes of at least 4 members (excludes halogenated alkanes) is 5. The molecule has 1 heterocycles. The maximum atomic E-state index is 12.2. The van der Waals surface area contributed by atoms with Crippen molar-refractivity contribution in [3.63, 3.8) is 0 Å². The summed E-state index contributed by atoms with van der Waals surface area (Å²) in [5, 5.41) is 6.85. The van der Waals surface area contributed by atoms with Crippen LogP contribution in [-0.2, 0) is 4.79 Å². The van der Waals surface area contributed by atoms with Crippen LogP contribution < -0.4 is 5.32 Å². The molecule has 0 bridgehead atoms. The lowest BCUT2D eigenvalue weighted by Gasteiger charge is -2.02. The minimum atomic E-state index is -0.212. The summed E-state index contributed by atoms with van der Waals surface area (Å²) in [6.45, 7) is 2.86. The van der Waals surface area contributed by atoms with Crippen molar-refractivity contribution in [2.75, 3.05) is 6.54 Å². The van der Waals surface area contributed by atoms with Crippen molar-refractivity contribution in [1.82, 2.24) is 5.32 Å². The molecule has 0 fully saturated rings. The number of thiol groups is 1. The third-order valence-corrected chi connectivity index (χ3v) is 5.45.